The Morgan fingerprint density at radius 2 is 2.08 bits per heavy atom. The van der Waals surface area contributed by atoms with Gasteiger partial charge < -0.3 is 9.64 Å². The first-order valence-corrected chi connectivity index (χ1v) is 8.35. The van der Waals surface area contributed by atoms with Crippen molar-refractivity contribution < 1.29 is 9.53 Å². The molecule has 1 aromatic carbocycles. The first kappa shape index (κ1) is 15.1. The van der Waals surface area contributed by atoms with Crippen LogP contribution in [0.3, 0.4) is 0 Å². The number of piperazine rings is 1. The lowest BCUT2D eigenvalue weighted by Crippen LogP contribution is -2.49. The Kier molecular flexibility index (Phi) is 4.17. The van der Waals surface area contributed by atoms with Gasteiger partial charge in [-0.1, -0.05) is 12.1 Å². The molecule has 1 amide bonds. The molecule has 7 nitrogen and oxygen atoms in total. The minimum absolute atomic E-state index is 0.106. The van der Waals surface area contributed by atoms with Crippen LogP contribution in [0.4, 0.5) is 0 Å². The highest BCUT2D eigenvalue weighted by Crippen LogP contribution is 2.26. The van der Waals surface area contributed by atoms with E-state index in [2.05, 4.69) is 33.2 Å². The molecule has 1 fully saturated rings. The summed E-state index contributed by atoms with van der Waals surface area (Å²) in [6.07, 6.45) is 4.03. The van der Waals surface area contributed by atoms with Gasteiger partial charge in [-0.2, -0.15) is 5.10 Å². The van der Waals surface area contributed by atoms with Crippen molar-refractivity contribution in [2.45, 2.75) is 19.5 Å². The molecule has 3 heterocycles. The zero-order chi connectivity index (χ0) is 16.4. The molecule has 0 radical (unpaired) electrons. The summed E-state index contributed by atoms with van der Waals surface area (Å²) in [5, 5.41) is 3.99. The molecule has 0 spiro atoms. The summed E-state index contributed by atoms with van der Waals surface area (Å²) < 4.78 is 7.13. The van der Waals surface area contributed by atoms with Crippen LogP contribution in [-0.4, -0.2) is 63.3 Å². The largest absolute Gasteiger partial charge is 0.493 e. The van der Waals surface area contributed by atoms with Crippen LogP contribution in [0.2, 0.25) is 0 Å². The number of fused-ring (bicyclic) bond motifs is 1. The summed E-state index contributed by atoms with van der Waals surface area (Å²) in [5.41, 5.74) is 2.63. The second-order valence-corrected chi connectivity index (χ2v) is 6.29. The molecule has 0 bridgehead atoms. The van der Waals surface area contributed by atoms with E-state index in [1.807, 2.05) is 4.90 Å². The molecule has 2 aliphatic rings. The normalized spacial score (nSPS) is 17.6. The van der Waals surface area contributed by atoms with Crippen molar-refractivity contribution in [2.24, 2.45) is 0 Å². The van der Waals surface area contributed by atoms with Gasteiger partial charge in [-0.15, -0.1) is 0 Å². The van der Waals surface area contributed by atoms with Crippen LogP contribution < -0.4 is 4.74 Å². The highest BCUT2D eigenvalue weighted by Gasteiger charge is 2.22. The van der Waals surface area contributed by atoms with Crippen molar-refractivity contribution in [3.8, 4) is 5.75 Å². The average molecular weight is 327 g/mol. The molecule has 2 aromatic rings. The quantitative estimate of drug-likeness (QED) is 0.821. The molecule has 0 N–H and O–H groups in total. The van der Waals surface area contributed by atoms with E-state index in [4.69, 9.17) is 4.74 Å². The van der Waals surface area contributed by atoms with Crippen molar-refractivity contribution in [1.29, 1.82) is 0 Å². The van der Waals surface area contributed by atoms with Crippen LogP contribution in [0.25, 0.3) is 0 Å². The Hall–Kier alpha value is -2.41. The van der Waals surface area contributed by atoms with E-state index < -0.39 is 0 Å². The van der Waals surface area contributed by atoms with Gasteiger partial charge in [0.1, 0.15) is 24.9 Å². The first-order valence-electron chi connectivity index (χ1n) is 8.35. The van der Waals surface area contributed by atoms with E-state index in [9.17, 15) is 4.79 Å². The van der Waals surface area contributed by atoms with Crippen LogP contribution >= 0.6 is 0 Å². The Balaban J connectivity index is 1.29. The van der Waals surface area contributed by atoms with Crippen LogP contribution in [-0.2, 0) is 24.3 Å². The third-order valence-electron chi connectivity index (χ3n) is 4.65. The lowest BCUT2D eigenvalue weighted by molar-refractivity contribution is -0.133. The smallest absolute Gasteiger partial charge is 0.244 e. The summed E-state index contributed by atoms with van der Waals surface area (Å²) in [7, 11) is 0. The molecule has 0 aliphatic carbocycles. The van der Waals surface area contributed by atoms with E-state index in [1.165, 1.54) is 17.5 Å². The average Bonchev–Trinajstić information content (AvgIpc) is 3.26. The van der Waals surface area contributed by atoms with Crippen molar-refractivity contribution >= 4 is 5.91 Å². The number of hydrogen-bond donors (Lipinski definition) is 0. The van der Waals surface area contributed by atoms with E-state index in [1.54, 1.807) is 11.0 Å². The molecule has 7 heteroatoms. The van der Waals surface area contributed by atoms with Gasteiger partial charge in [0, 0.05) is 39.1 Å². The summed E-state index contributed by atoms with van der Waals surface area (Å²) in [6.45, 7) is 5.32. The first-order chi connectivity index (χ1) is 11.8. The molecule has 2 aliphatic heterocycles. The van der Waals surface area contributed by atoms with Gasteiger partial charge in [-0.3, -0.25) is 9.69 Å². The minimum atomic E-state index is 0.106. The highest BCUT2D eigenvalue weighted by atomic mass is 16.5. The number of rotatable bonds is 4. The fraction of sp³-hybridized carbons (Fsp3) is 0.471. The van der Waals surface area contributed by atoms with Gasteiger partial charge >= 0.3 is 0 Å². The van der Waals surface area contributed by atoms with Crippen molar-refractivity contribution in [3.63, 3.8) is 0 Å². The van der Waals surface area contributed by atoms with E-state index in [0.29, 0.717) is 0 Å². The molecular formula is C17H21N5O2. The Morgan fingerprint density at radius 3 is 2.88 bits per heavy atom. The minimum Gasteiger partial charge on any atom is -0.493 e. The number of ether oxygens (including phenoxy) is 1. The van der Waals surface area contributed by atoms with E-state index in [-0.39, 0.29) is 12.5 Å². The number of aromatic nitrogens is 3. The van der Waals surface area contributed by atoms with Gasteiger partial charge in [-0.25, -0.2) is 9.67 Å². The molecule has 4 rings (SSSR count). The van der Waals surface area contributed by atoms with Crippen LogP contribution in [0.15, 0.2) is 30.9 Å². The Labute approximate surface area is 140 Å². The summed E-state index contributed by atoms with van der Waals surface area (Å²) in [4.78, 5) is 20.4. The molecule has 0 unspecified atom stereocenters. The second kappa shape index (κ2) is 6.60. The van der Waals surface area contributed by atoms with Gasteiger partial charge in [0.2, 0.25) is 5.91 Å². The number of hydrogen-bond acceptors (Lipinski definition) is 5. The fourth-order valence-corrected chi connectivity index (χ4v) is 3.30. The van der Waals surface area contributed by atoms with Crippen LogP contribution in [0, 0.1) is 0 Å². The predicted octanol–water partition coefficient (Wildman–Crippen LogP) is 0.557. The molecule has 126 valence electrons. The third-order valence-corrected chi connectivity index (χ3v) is 4.65. The number of amides is 1. The lowest BCUT2D eigenvalue weighted by Gasteiger charge is -2.34. The van der Waals surface area contributed by atoms with Crippen LogP contribution in [0.5, 0.6) is 5.75 Å². The number of nitrogens with zero attached hydrogens (tertiary/aromatic N) is 5. The van der Waals surface area contributed by atoms with Crippen molar-refractivity contribution in [1.82, 2.24) is 24.6 Å². The molecule has 1 saturated heterocycles. The monoisotopic (exact) mass is 327 g/mol. The van der Waals surface area contributed by atoms with E-state index in [0.717, 1.165) is 51.5 Å². The maximum atomic E-state index is 12.3. The third kappa shape index (κ3) is 3.26. The Bertz CT molecular complexity index is 708. The molecular weight excluding hydrogens is 306 g/mol. The fourth-order valence-electron chi connectivity index (χ4n) is 3.30. The summed E-state index contributed by atoms with van der Waals surface area (Å²) in [6, 6.07) is 6.48. The Morgan fingerprint density at radius 1 is 1.21 bits per heavy atom. The molecule has 24 heavy (non-hydrogen) atoms. The number of carbonyl (C=O) groups excluding carboxylic acids is 1. The molecule has 1 aromatic heterocycles. The zero-order valence-electron chi connectivity index (χ0n) is 13.6. The summed E-state index contributed by atoms with van der Waals surface area (Å²) in [5.74, 6) is 1.14. The lowest BCUT2D eigenvalue weighted by atomic mass is 10.1. The highest BCUT2D eigenvalue weighted by molar-refractivity contribution is 5.76. The predicted molar refractivity (Wildman–Crippen MR) is 87.5 cm³/mol. The van der Waals surface area contributed by atoms with Crippen molar-refractivity contribution in [2.75, 3.05) is 32.8 Å². The second-order valence-electron chi connectivity index (χ2n) is 6.29. The van der Waals surface area contributed by atoms with Crippen LogP contribution in [0.1, 0.15) is 11.1 Å². The van der Waals surface area contributed by atoms with Crippen molar-refractivity contribution in [3.05, 3.63) is 42.0 Å². The standard InChI is InChI=1S/C17H21N5O2/c23-17(11-22-13-18-12-19-22)21-6-4-20(5-7-21)10-14-1-2-16-15(9-14)3-8-24-16/h1-2,9,12-13H,3-8,10-11H2. The van der Waals surface area contributed by atoms with Gasteiger partial charge in [0.25, 0.3) is 0 Å². The van der Waals surface area contributed by atoms with Gasteiger partial charge in [0.15, 0.2) is 0 Å². The molecule has 0 atom stereocenters. The molecule has 0 saturated carbocycles. The maximum Gasteiger partial charge on any atom is 0.244 e. The number of benzene rings is 1. The zero-order valence-corrected chi connectivity index (χ0v) is 13.6. The van der Waals surface area contributed by atoms with Gasteiger partial charge in [0.05, 0.1) is 6.61 Å². The number of carbonyl (C=O) groups is 1. The van der Waals surface area contributed by atoms with E-state index >= 15 is 0 Å². The maximum absolute atomic E-state index is 12.3. The summed E-state index contributed by atoms with van der Waals surface area (Å²) >= 11 is 0. The van der Waals surface area contributed by atoms with Gasteiger partial charge in [-0.05, 0) is 17.2 Å². The SMILES string of the molecule is O=C(Cn1cncn1)N1CCN(Cc2ccc3c(c2)CCO3)CC1. The topological polar surface area (TPSA) is 63.5 Å².